The van der Waals surface area contributed by atoms with E-state index < -0.39 is 11.5 Å². The quantitative estimate of drug-likeness (QED) is 0.102. The predicted molar refractivity (Wildman–Crippen MR) is 251 cm³/mol. The van der Waals surface area contributed by atoms with E-state index in [1.807, 2.05) is 63.4 Å². The maximum atomic E-state index is 12.2. The minimum absolute atomic E-state index is 0.0277. The lowest BCUT2D eigenvalue weighted by molar-refractivity contribution is 0.0127. The van der Waals surface area contributed by atoms with E-state index in [1.54, 1.807) is 29.6 Å². The Bertz CT molecular complexity index is 2590. The van der Waals surface area contributed by atoms with E-state index in [1.165, 1.54) is 0 Å². The number of aromatic nitrogens is 6. The fourth-order valence-corrected chi connectivity index (χ4v) is 8.43. The molecule has 0 unspecified atom stereocenters. The fourth-order valence-electron chi connectivity index (χ4n) is 7.70. The zero-order valence-corrected chi connectivity index (χ0v) is 39.1. The van der Waals surface area contributed by atoms with Gasteiger partial charge in [0.1, 0.15) is 40.3 Å². The highest BCUT2D eigenvalue weighted by Gasteiger charge is 2.28. The summed E-state index contributed by atoms with van der Waals surface area (Å²) in [4.78, 5) is 46.2. The number of piperidine rings is 2. The van der Waals surface area contributed by atoms with Crippen LogP contribution >= 0.6 is 31.9 Å². The number of hydrogen-bond donors (Lipinski definition) is 4. The van der Waals surface area contributed by atoms with Gasteiger partial charge in [-0.2, -0.15) is 5.10 Å². The Morgan fingerprint density at radius 3 is 2.20 bits per heavy atom. The molecule has 6 heterocycles. The summed E-state index contributed by atoms with van der Waals surface area (Å²) in [6, 6.07) is 13.4. The highest BCUT2D eigenvalue weighted by molar-refractivity contribution is 9.10. The molecule has 0 atom stereocenters. The summed E-state index contributed by atoms with van der Waals surface area (Å²) in [6.07, 6.45) is 10.4. The summed E-state index contributed by atoms with van der Waals surface area (Å²) in [7, 11) is 0. The molecule has 3 saturated heterocycles. The molecular weight excluding hydrogens is 950 g/mol. The second-order valence-electron chi connectivity index (χ2n) is 16.8. The molecule has 0 aliphatic carbocycles. The van der Waals surface area contributed by atoms with Crippen molar-refractivity contribution in [2.75, 3.05) is 62.7 Å². The lowest BCUT2D eigenvalue weighted by atomic mass is 10.1. The number of likely N-dealkylation sites (tertiary alicyclic amines) is 1. The van der Waals surface area contributed by atoms with Crippen LogP contribution in [-0.2, 0) is 9.47 Å². The van der Waals surface area contributed by atoms with Gasteiger partial charge in [-0.05, 0) is 111 Å². The number of halogens is 2. The Balaban J connectivity index is 0.000000189. The van der Waals surface area contributed by atoms with Crippen LogP contribution in [0.25, 0.3) is 32.9 Å². The largest absolute Gasteiger partial charge is 0.488 e. The number of carbonyl (C=O) groups excluding carboxylic acids is 2. The zero-order valence-electron chi connectivity index (χ0n) is 35.9. The number of ether oxygens (including phenoxy) is 4. The van der Waals surface area contributed by atoms with Crippen molar-refractivity contribution in [3.05, 3.63) is 82.0 Å². The maximum Gasteiger partial charge on any atom is 0.410 e. The second kappa shape index (κ2) is 20.0. The first-order valence-electron chi connectivity index (χ1n) is 21.3. The lowest BCUT2D eigenvalue weighted by Crippen LogP contribution is -2.44. The molecule has 0 spiro atoms. The molecule has 336 valence electrons. The van der Waals surface area contributed by atoms with Crippen LogP contribution in [0.5, 0.6) is 11.5 Å². The summed E-state index contributed by atoms with van der Waals surface area (Å²) in [5.41, 5.74) is 10.6. The van der Waals surface area contributed by atoms with Crippen LogP contribution in [0.1, 0.15) is 56.8 Å². The molecule has 0 saturated carbocycles. The first kappa shape index (κ1) is 45.0. The molecular formula is C45H51Br2N11O6. The SMILES string of the molecule is CC(C)(C)OC(=O)N1CCC(Oc2cc(Br)cc3cnc(Br)nc23)CC1.NC(=O)c1cc(Nc2ncc3cc(-c4cn[nH]c4)cc(OC4CCNCC4)c3n2)cc(N2CCOCC2)c1. The van der Waals surface area contributed by atoms with Gasteiger partial charge in [-0.15, -0.1) is 0 Å². The molecule has 3 aliphatic rings. The average Bonchev–Trinajstić information content (AvgIpc) is 3.83. The summed E-state index contributed by atoms with van der Waals surface area (Å²) in [5, 5.41) is 15.4. The molecule has 2 amide bonds. The Hall–Kier alpha value is -5.63. The molecule has 5 N–H and O–H groups in total. The van der Waals surface area contributed by atoms with Crippen LogP contribution in [-0.4, -0.2) is 117 Å². The first-order valence-corrected chi connectivity index (χ1v) is 22.9. The maximum absolute atomic E-state index is 12.2. The number of benzene rings is 3. The number of carbonyl (C=O) groups is 2. The molecule has 3 aliphatic heterocycles. The summed E-state index contributed by atoms with van der Waals surface area (Å²) >= 11 is 6.82. The van der Waals surface area contributed by atoms with E-state index in [0.717, 1.165) is 89.4 Å². The molecule has 3 aromatic heterocycles. The van der Waals surface area contributed by atoms with Crippen LogP contribution in [0, 0.1) is 0 Å². The highest BCUT2D eigenvalue weighted by atomic mass is 79.9. The van der Waals surface area contributed by atoms with Gasteiger partial charge in [0.05, 0.1) is 19.4 Å². The van der Waals surface area contributed by atoms with Crippen molar-refractivity contribution in [2.45, 2.75) is 64.3 Å². The van der Waals surface area contributed by atoms with E-state index in [2.05, 4.69) is 72.5 Å². The van der Waals surface area contributed by atoms with Crippen LogP contribution in [0.2, 0.25) is 0 Å². The van der Waals surface area contributed by atoms with Gasteiger partial charge in [-0.3, -0.25) is 9.89 Å². The topological polar surface area (TPSA) is 208 Å². The fraction of sp³-hybridized carbons (Fsp3) is 0.400. The normalized spacial score (nSPS) is 16.3. The number of anilines is 3. The highest BCUT2D eigenvalue weighted by Crippen LogP contribution is 2.35. The van der Waals surface area contributed by atoms with Gasteiger partial charge in [0.2, 0.25) is 11.9 Å². The van der Waals surface area contributed by atoms with E-state index in [0.29, 0.717) is 65.3 Å². The molecule has 64 heavy (non-hydrogen) atoms. The Labute approximate surface area is 387 Å². The summed E-state index contributed by atoms with van der Waals surface area (Å²) in [5.74, 6) is 1.33. The zero-order chi connectivity index (χ0) is 44.8. The van der Waals surface area contributed by atoms with E-state index in [-0.39, 0.29) is 18.3 Å². The monoisotopic (exact) mass is 999 g/mol. The van der Waals surface area contributed by atoms with E-state index in [9.17, 15) is 9.59 Å². The number of H-pyrrole nitrogens is 1. The van der Waals surface area contributed by atoms with Crippen LogP contribution < -0.4 is 30.7 Å². The molecule has 6 aromatic rings. The van der Waals surface area contributed by atoms with Gasteiger partial charge in [-0.25, -0.2) is 24.7 Å². The molecule has 3 fully saturated rings. The smallest absolute Gasteiger partial charge is 0.410 e. The van der Waals surface area contributed by atoms with Crippen molar-refractivity contribution in [3.63, 3.8) is 0 Å². The molecule has 0 radical (unpaired) electrons. The van der Waals surface area contributed by atoms with Crippen molar-refractivity contribution >= 4 is 83.0 Å². The third-order valence-electron chi connectivity index (χ3n) is 10.9. The van der Waals surface area contributed by atoms with Crippen molar-refractivity contribution in [1.82, 2.24) is 40.3 Å². The van der Waals surface area contributed by atoms with Gasteiger partial charge in [0.15, 0.2) is 4.73 Å². The second-order valence-corrected chi connectivity index (χ2v) is 18.4. The Kier molecular flexibility index (Phi) is 14.1. The van der Waals surface area contributed by atoms with Crippen LogP contribution in [0.15, 0.2) is 76.5 Å². The van der Waals surface area contributed by atoms with Crippen molar-refractivity contribution < 1.29 is 28.5 Å². The number of rotatable bonds is 9. The first-order chi connectivity index (χ1) is 30.8. The number of primary amides is 1. The van der Waals surface area contributed by atoms with Crippen molar-refractivity contribution in [2.24, 2.45) is 5.73 Å². The third kappa shape index (κ3) is 11.5. The van der Waals surface area contributed by atoms with Gasteiger partial charge in [0.25, 0.3) is 0 Å². The van der Waals surface area contributed by atoms with Crippen LogP contribution in [0.3, 0.4) is 0 Å². The minimum Gasteiger partial charge on any atom is -0.488 e. The van der Waals surface area contributed by atoms with Crippen LogP contribution in [0.4, 0.5) is 22.1 Å². The summed E-state index contributed by atoms with van der Waals surface area (Å²) in [6.45, 7) is 11.5. The number of amides is 2. The standard InChI is InChI=1S/C27H30N8O3.C18H21Br2N3O3/c28-26(36)18-10-21(13-22(11-18)35-5-7-37-8-6-35)33-27-30-14-19-9-17(20-15-31-32-16-20)12-24(25(19)34-27)38-23-1-3-29-4-2-23;1-18(2,3)26-17(24)23-6-4-13(5-7-23)25-14-9-12(19)8-11-10-21-16(20)22-15(11)14/h9-16,23,29H,1-8H2,(H2,28,36)(H,31,32)(H,30,33,34);8-10,13H,4-7H2,1-3H3. The number of morpholine rings is 1. The molecule has 19 heteroatoms. The minimum atomic E-state index is -0.493. The van der Waals surface area contributed by atoms with Crippen molar-refractivity contribution in [1.29, 1.82) is 0 Å². The van der Waals surface area contributed by atoms with E-state index in [4.69, 9.17) is 29.7 Å². The molecule has 0 bridgehead atoms. The number of nitrogens with zero attached hydrogens (tertiary/aromatic N) is 7. The summed E-state index contributed by atoms with van der Waals surface area (Å²) < 4.78 is 25.1. The Morgan fingerprint density at radius 2 is 1.50 bits per heavy atom. The Morgan fingerprint density at radius 1 is 0.812 bits per heavy atom. The third-order valence-corrected chi connectivity index (χ3v) is 11.7. The van der Waals surface area contributed by atoms with Gasteiger partial charge < -0.3 is 45.1 Å². The number of nitrogens with two attached hydrogens (primary N) is 1. The number of hydrogen-bond acceptors (Lipinski definition) is 14. The number of aromatic amines is 1. The molecule has 3 aromatic carbocycles. The van der Waals surface area contributed by atoms with Gasteiger partial charge >= 0.3 is 6.09 Å². The molecule has 17 nitrogen and oxygen atoms in total. The van der Waals surface area contributed by atoms with Crippen molar-refractivity contribution in [3.8, 4) is 22.6 Å². The lowest BCUT2D eigenvalue weighted by Gasteiger charge is -2.33. The van der Waals surface area contributed by atoms with Gasteiger partial charge in [-0.1, -0.05) is 15.9 Å². The number of fused-ring (bicyclic) bond motifs is 2. The van der Waals surface area contributed by atoms with E-state index >= 15 is 0 Å². The number of nitrogens with one attached hydrogen (secondary N) is 3. The molecule has 9 rings (SSSR count). The predicted octanol–water partition coefficient (Wildman–Crippen LogP) is 7.76. The average molecular weight is 1000 g/mol. The van der Waals surface area contributed by atoms with Gasteiger partial charge in [0, 0.05) is 95.4 Å².